The maximum Gasteiger partial charge on any atom is 0.317 e. The number of carboxylic acid groups (broad SMARTS) is 1. The van der Waals surface area contributed by atoms with E-state index in [0.717, 1.165) is 32.2 Å². The van der Waals surface area contributed by atoms with Crippen molar-refractivity contribution in [3.63, 3.8) is 0 Å². The van der Waals surface area contributed by atoms with E-state index in [2.05, 4.69) is 5.32 Å². The second-order valence-corrected chi connectivity index (χ2v) is 5.44. The number of amides is 2. The minimum Gasteiger partial charge on any atom is -0.481 e. The van der Waals surface area contributed by atoms with Gasteiger partial charge < -0.3 is 20.1 Å². The van der Waals surface area contributed by atoms with Gasteiger partial charge in [-0.15, -0.1) is 0 Å². The quantitative estimate of drug-likeness (QED) is 0.783. The fraction of sp³-hybridized carbons (Fsp3) is 0.846. The Morgan fingerprint density at radius 2 is 2.16 bits per heavy atom. The SMILES string of the molecule is COC1CCCN(C(=O)NC(CC(=O)O)C2CC2)C1. The van der Waals surface area contributed by atoms with Crippen LogP contribution >= 0.6 is 0 Å². The number of methoxy groups -OCH3 is 1. The van der Waals surface area contributed by atoms with Gasteiger partial charge in [-0.2, -0.15) is 0 Å². The van der Waals surface area contributed by atoms with Gasteiger partial charge in [0.1, 0.15) is 0 Å². The van der Waals surface area contributed by atoms with E-state index >= 15 is 0 Å². The summed E-state index contributed by atoms with van der Waals surface area (Å²) in [5.41, 5.74) is 0. The van der Waals surface area contributed by atoms with Crippen LogP contribution in [0.15, 0.2) is 0 Å². The number of hydrogen-bond donors (Lipinski definition) is 2. The number of piperidine rings is 1. The molecule has 0 bridgehead atoms. The lowest BCUT2D eigenvalue weighted by Gasteiger charge is -2.33. The molecular weight excluding hydrogens is 248 g/mol. The van der Waals surface area contributed by atoms with Gasteiger partial charge in [0.25, 0.3) is 0 Å². The third-order valence-corrected chi connectivity index (χ3v) is 3.89. The predicted molar refractivity (Wildman–Crippen MR) is 68.9 cm³/mol. The van der Waals surface area contributed by atoms with E-state index in [1.807, 2.05) is 0 Å². The number of carbonyl (C=O) groups excluding carboxylic acids is 1. The van der Waals surface area contributed by atoms with Crippen molar-refractivity contribution in [2.45, 2.75) is 44.2 Å². The molecule has 2 atom stereocenters. The zero-order chi connectivity index (χ0) is 13.8. The molecule has 0 aromatic heterocycles. The summed E-state index contributed by atoms with van der Waals surface area (Å²) in [6.45, 7) is 1.31. The molecule has 0 spiro atoms. The molecule has 2 aliphatic rings. The lowest BCUT2D eigenvalue weighted by atomic mass is 10.1. The predicted octanol–water partition coefficient (Wildman–Crippen LogP) is 1.06. The van der Waals surface area contributed by atoms with Gasteiger partial charge in [0.05, 0.1) is 12.5 Å². The summed E-state index contributed by atoms with van der Waals surface area (Å²) in [4.78, 5) is 24.7. The van der Waals surface area contributed by atoms with Crippen LogP contribution in [0.4, 0.5) is 4.79 Å². The summed E-state index contributed by atoms with van der Waals surface area (Å²) in [5, 5.41) is 11.8. The van der Waals surface area contributed by atoms with E-state index in [0.29, 0.717) is 12.5 Å². The highest BCUT2D eigenvalue weighted by Crippen LogP contribution is 2.34. The van der Waals surface area contributed by atoms with Gasteiger partial charge in [0, 0.05) is 26.2 Å². The van der Waals surface area contributed by atoms with E-state index in [1.165, 1.54) is 0 Å². The second-order valence-electron chi connectivity index (χ2n) is 5.44. The molecule has 2 unspecified atom stereocenters. The first-order chi connectivity index (χ1) is 9.10. The molecule has 1 saturated carbocycles. The summed E-state index contributed by atoms with van der Waals surface area (Å²) in [5.74, 6) is -0.520. The molecule has 1 saturated heterocycles. The van der Waals surface area contributed by atoms with E-state index in [-0.39, 0.29) is 24.6 Å². The van der Waals surface area contributed by atoms with Crippen LogP contribution in [0.2, 0.25) is 0 Å². The maximum absolute atomic E-state index is 12.2. The first-order valence-electron chi connectivity index (χ1n) is 6.90. The maximum atomic E-state index is 12.2. The Balaban J connectivity index is 1.85. The van der Waals surface area contributed by atoms with Crippen LogP contribution in [0.3, 0.4) is 0 Å². The van der Waals surface area contributed by atoms with Gasteiger partial charge in [-0.25, -0.2) is 4.79 Å². The van der Waals surface area contributed by atoms with Gasteiger partial charge >= 0.3 is 12.0 Å². The Kier molecular flexibility index (Phi) is 4.63. The number of urea groups is 1. The van der Waals surface area contributed by atoms with Crippen molar-refractivity contribution in [1.29, 1.82) is 0 Å². The monoisotopic (exact) mass is 270 g/mol. The highest BCUT2D eigenvalue weighted by molar-refractivity contribution is 5.76. The van der Waals surface area contributed by atoms with E-state index < -0.39 is 5.97 Å². The highest BCUT2D eigenvalue weighted by Gasteiger charge is 2.35. The Morgan fingerprint density at radius 1 is 1.42 bits per heavy atom. The molecule has 2 N–H and O–H groups in total. The summed E-state index contributed by atoms with van der Waals surface area (Å²) < 4.78 is 5.29. The summed E-state index contributed by atoms with van der Waals surface area (Å²) in [6, 6.07) is -0.382. The third kappa shape index (κ3) is 4.09. The molecule has 0 radical (unpaired) electrons. The highest BCUT2D eigenvalue weighted by atomic mass is 16.5. The number of nitrogens with one attached hydrogen (secondary N) is 1. The van der Waals surface area contributed by atoms with Crippen LogP contribution in [0, 0.1) is 5.92 Å². The van der Waals surface area contributed by atoms with Crippen molar-refractivity contribution in [2.75, 3.05) is 20.2 Å². The van der Waals surface area contributed by atoms with Crippen molar-refractivity contribution in [3.8, 4) is 0 Å². The molecule has 0 aromatic carbocycles. The average Bonchev–Trinajstić information content (AvgIpc) is 3.21. The number of likely N-dealkylation sites (tertiary alicyclic amines) is 1. The zero-order valence-electron chi connectivity index (χ0n) is 11.3. The second kappa shape index (κ2) is 6.23. The molecule has 6 heteroatoms. The number of hydrogen-bond acceptors (Lipinski definition) is 3. The molecular formula is C13H22N2O4. The van der Waals surface area contributed by atoms with Crippen molar-refractivity contribution >= 4 is 12.0 Å². The number of nitrogens with zero attached hydrogens (tertiary/aromatic N) is 1. The van der Waals surface area contributed by atoms with Crippen LogP contribution in [-0.2, 0) is 9.53 Å². The Morgan fingerprint density at radius 3 is 2.74 bits per heavy atom. The number of aliphatic carboxylic acids is 1. The number of carbonyl (C=O) groups is 2. The van der Waals surface area contributed by atoms with Crippen LogP contribution in [0.1, 0.15) is 32.1 Å². The van der Waals surface area contributed by atoms with Crippen molar-refractivity contribution in [2.24, 2.45) is 5.92 Å². The molecule has 1 aliphatic heterocycles. The zero-order valence-corrected chi connectivity index (χ0v) is 11.3. The molecule has 2 fully saturated rings. The Hall–Kier alpha value is -1.30. The Labute approximate surface area is 113 Å². The molecule has 2 rings (SSSR count). The molecule has 108 valence electrons. The van der Waals surface area contributed by atoms with Crippen LogP contribution in [0.25, 0.3) is 0 Å². The molecule has 0 aromatic rings. The lowest BCUT2D eigenvalue weighted by molar-refractivity contribution is -0.137. The first kappa shape index (κ1) is 14.1. The molecule has 1 aliphatic carbocycles. The van der Waals surface area contributed by atoms with E-state index in [4.69, 9.17) is 9.84 Å². The minimum absolute atomic E-state index is 0.0119. The summed E-state index contributed by atoms with van der Waals surface area (Å²) in [7, 11) is 1.66. The molecule has 2 amide bonds. The van der Waals surface area contributed by atoms with E-state index in [1.54, 1.807) is 12.0 Å². The van der Waals surface area contributed by atoms with Crippen LogP contribution in [0.5, 0.6) is 0 Å². The van der Waals surface area contributed by atoms with E-state index in [9.17, 15) is 9.59 Å². The van der Waals surface area contributed by atoms with Crippen molar-refractivity contribution in [1.82, 2.24) is 10.2 Å². The molecule has 6 nitrogen and oxygen atoms in total. The lowest BCUT2D eigenvalue weighted by Crippen LogP contribution is -2.51. The normalized spacial score (nSPS) is 24.9. The minimum atomic E-state index is -0.856. The molecule has 19 heavy (non-hydrogen) atoms. The fourth-order valence-electron chi connectivity index (χ4n) is 2.59. The first-order valence-corrected chi connectivity index (χ1v) is 6.90. The number of ether oxygens (including phenoxy) is 1. The van der Waals surface area contributed by atoms with Gasteiger partial charge in [0.15, 0.2) is 0 Å². The van der Waals surface area contributed by atoms with Gasteiger partial charge in [-0.3, -0.25) is 4.79 Å². The topological polar surface area (TPSA) is 78.9 Å². The van der Waals surface area contributed by atoms with Crippen LogP contribution < -0.4 is 5.32 Å². The number of rotatable bonds is 5. The molecule has 1 heterocycles. The van der Waals surface area contributed by atoms with Gasteiger partial charge in [0.2, 0.25) is 0 Å². The van der Waals surface area contributed by atoms with Gasteiger partial charge in [-0.1, -0.05) is 0 Å². The average molecular weight is 270 g/mol. The summed E-state index contributed by atoms with van der Waals surface area (Å²) in [6.07, 6.45) is 4.04. The van der Waals surface area contributed by atoms with Crippen LogP contribution in [-0.4, -0.2) is 54.4 Å². The standard InChI is InChI=1S/C13H22N2O4/c1-19-10-3-2-6-15(8-10)13(18)14-11(7-12(16)17)9-4-5-9/h9-11H,2-8H2,1H3,(H,14,18)(H,16,17). The van der Waals surface area contributed by atoms with Crippen molar-refractivity contribution < 1.29 is 19.4 Å². The Bertz CT molecular complexity index is 344. The smallest absolute Gasteiger partial charge is 0.317 e. The van der Waals surface area contributed by atoms with Gasteiger partial charge in [-0.05, 0) is 31.6 Å². The van der Waals surface area contributed by atoms with Crippen molar-refractivity contribution in [3.05, 3.63) is 0 Å². The third-order valence-electron chi connectivity index (χ3n) is 3.89. The summed E-state index contributed by atoms with van der Waals surface area (Å²) >= 11 is 0. The largest absolute Gasteiger partial charge is 0.481 e. The fourth-order valence-corrected chi connectivity index (χ4v) is 2.59. The number of carboxylic acids is 1.